The molecule has 1 unspecified atom stereocenters. The summed E-state index contributed by atoms with van der Waals surface area (Å²) >= 11 is 0. The molecule has 0 spiro atoms. The van der Waals surface area contributed by atoms with E-state index in [1.807, 2.05) is 6.07 Å². The van der Waals surface area contributed by atoms with Crippen molar-refractivity contribution in [3.05, 3.63) is 73.0 Å². The van der Waals surface area contributed by atoms with Gasteiger partial charge in [-0.25, -0.2) is 4.79 Å². The fraction of sp³-hybridized carbons (Fsp3) is 0.409. The highest BCUT2D eigenvalue weighted by Gasteiger charge is 2.35. The molecule has 0 aliphatic carbocycles. The number of aryl methyl sites for hydroxylation is 1. The van der Waals surface area contributed by atoms with Gasteiger partial charge in [-0.3, -0.25) is 29.2 Å². The number of aromatic amines is 2. The van der Waals surface area contributed by atoms with Gasteiger partial charge in [-0.05, 0) is 36.2 Å². The monoisotopic (exact) mass is 579 g/mol. The summed E-state index contributed by atoms with van der Waals surface area (Å²) in [6, 6.07) is 3.73. The Kier molecular flexibility index (Phi) is 9.89. The van der Waals surface area contributed by atoms with E-state index >= 15 is 0 Å². The van der Waals surface area contributed by atoms with Gasteiger partial charge in [0.1, 0.15) is 18.0 Å². The molecule has 17 nitrogen and oxygen atoms in total. The highest BCUT2D eigenvalue weighted by molar-refractivity contribution is 7.49. The smallest absolute Gasteiger partial charge is 0.330 e. The lowest BCUT2D eigenvalue weighted by Crippen LogP contribution is -2.35. The minimum absolute atomic E-state index is 0.103. The molecule has 1 fully saturated rings. The van der Waals surface area contributed by atoms with Crippen molar-refractivity contribution in [1.29, 1.82) is 0 Å². The predicted molar refractivity (Wildman–Crippen MR) is 139 cm³/mol. The Hall–Kier alpha value is -3.95. The van der Waals surface area contributed by atoms with Crippen LogP contribution in [0.2, 0.25) is 0 Å². The van der Waals surface area contributed by atoms with E-state index in [9.17, 15) is 23.8 Å². The van der Waals surface area contributed by atoms with Crippen molar-refractivity contribution in [1.82, 2.24) is 14.5 Å². The number of rotatable bonds is 8. The van der Waals surface area contributed by atoms with Crippen LogP contribution in [0.5, 0.6) is 5.75 Å². The molecule has 0 bridgehead atoms. The van der Waals surface area contributed by atoms with Gasteiger partial charge in [0.15, 0.2) is 0 Å². The van der Waals surface area contributed by atoms with Gasteiger partial charge < -0.3 is 34.7 Å². The first kappa shape index (κ1) is 30.6. The minimum atomic E-state index is -4.63. The predicted octanol–water partition coefficient (Wildman–Crippen LogP) is -0.180. The summed E-state index contributed by atoms with van der Waals surface area (Å²) in [4.78, 5) is 53.1. The van der Waals surface area contributed by atoms with E-state index in [-0.39, 0.29) is 19.4 Å². The Bertz CT molecular complexity index is 1570. The number of nitrogens with zero attached hydrogens (tertiary/aromatic N) is 4. The molecule has 0 amide bonds. The van der Waals surface area contributed by atoms with Crippen LogP contribution in [0.15, 0.2) is 45.3 Å². The van der Waals surface area contributed by atoms with Crippen LogP contribution >= 0.6 is 7.75 Å². The second-order valence-electron chi connectivity index (χ2n) is 8.78. The second kappa shape index (κ2) is 12.9. The van der Waals surface area contributed by atoms with Gasteiger partial charge in [0, 0.05) is 46.6 Å². The van der Waals surface area contributed by atoms with E-state index in [0.717, 1.165) is 16.5 Å². The van der Waals surface area contributed by atoms with Crippen LogP contribution in [0.4, 0.5) is 0 Å². The van der Waals surface area contributed by atoms with E-state index < -0.39 is 49.4 Å². The third-order valence-corrected chi connectivity index (χ3v) is 6.41. The zero-order chi connectivity index (χ0) is 29.6. The van der Waals surface area contributed by atoms with Gasteiger partial charge in [-0.15, -0.1) is 0 Å². The number of carbonyl (C=O) groups excluding carboxylic acids is 1. The molecular formula is C22H28N8O9P-. The molecule has 0 radical (unpaired) electrons. The van der Waals surface area contributed by atoms with Crippen LogP contribution < -0.4 is 32.1 Å². The maximum absolute atomic E-state index is 11.7. The lowest BCUT2D eigenvalue weighted by molar-refractivity contribution is -0.200. The van der Waals surface area contributed by atoms with Gasteiger partial charge >= 0.3 is 11.7 Å². The Morgan fingerprint density at radius 2 is 2.17 bits per heavy atom. The number of aliphatic hydroxyl groups is 1. The highest BCUT2D eigenvalue weighted by atomic mass is 31.2. The molecule has 1 aliphatic rings. The number of ether oxygens (including phenoxy) is 2. The number of fused-ring (bicyclic) bond motifs is 1. The number of hydrogen-bond donors (Lipinski definition) is 5. The van der Waals surface area contributed by atoms with Crippen molar-refractivity contribution in [2.24, 2.45) is 16.4 Å². The number of benzene rings is 1. The minimum Gasteiger partial charge on any atom is -0.757 e. The lowest BCUT2D eigenvalue weighted by Gasteiger charge is -2.19. The quantitative estimate of drug-likeness (QED) is 0.101. The van der Waals surface area contributed by atoms with E-state index in [2.05, 4.69) is 30.0 Å². The van der Waals surface area contributed by atoms with E-state index in [1.54, 1.807) is 32.4 Å². The number of hydrogen-bond acceptors (Lipinski definition) is 11. The molecule has 1 saturated heterocycles. The van der Waals surface area contributed by atoms with Crippen molar-refractivity contribution in [3.63, 3.8) is 0 Å². The Balaban J connectivity index is 0.000000222. The van der Waals surface area contributed by atoms with Crippen LogP contribution in [0.1, 0.15) is 23.8 Å². The Morgan fingerprint density at radius 1 is 1.45 bits per heavy atom. The molecule has 5 atom stereocenters. The maximum Gasteiger partial charge on any atom is 0.330 e. The molecule has 3 aromatic rings. The SMILES string of the molecule is COc1ccc2[nH]cc(C[C@H](N)C(=O)OP(N)(=O)[O-])c2c1.Cc1cn([C@H]2C[C@H](N=[N+]=[N-])[C@@H](CO)O2)c(=O)[nH]c1=O. The zero-order valence-corrected chi connectivity index (χ0v) is 22.3. The molecule has 40 heavy (non-hydrogen) atoms. The number of methoxy groups -OCH3 is 1. The molecular weight excluding hydrogens is 551 g/mol. The van der Waals surface area contributed by atoms with Crippen molar-refractivity contribution < 1.29 is 33.4 Å². The standard InChI is InChI=1S/C12H16N3O5P.C10H13N5O4/c1-19-8-2-3-11-9(5-8)7(6-15-11)4-10(13)12(16)20-21(14,17)18;1-5-3-15(10(18)12-9(5)17)8-2-6(13-14-11)7(4-16)19-8/h2-3,5-6,10,15H,4,13H2,1H3,(H3,14,17,18);3,6-8,16H,2,4H2,1H3,(H,12,17,18)/p-1/t10-;6-,7+,8+/m00/s1. The van der Waals surface area contributed by atoms with Crippen molar-refractivity contribution in [2.45, 2.75) is 44.2 Å². The van der Waals surface area contributed by atoms with Gasteiger partial charge in [0.25, 0.3) is 13.3 Å². The molecule has 3 heterocycles. The summed E-state index contributed by atoms with van der Waals surface area (Å²) in [7, 11) is -3.09. The van der Waals surface area contributed by atoms with Gasteiger partial charge in [0.05, 0.1) is 25.9 Å². The number of nitrogens with two attached hydrogens (primary N) is 2. The second-order valence-corrected chi connectivity index (χ2v) is 10.0. The van der Waals surface area contributed by atoms with Crippen LogP contribution in [0.25, 0.3) is 21.3 Å². The Morgan fingerprint density at radius 3 is 2.80 bits per heavy atom. The van der Waals surface area contributed by atoms with Crippen LogP contribution in [0.3, 0.4) is 0 Å². The van der Waals surface area contributed by atoms with Gasteiger partial charge in [-0.2, -0.15) is 0 Å². The highest BCUT2D eigenvalue weighted by Crippen LogP contribution is 2.30. The normalized spacial score (nSPS) is 20.5. The molecule has 1 aromatic carbocycles. The third kappa shape index (κ3) is 7.58. The number of carbonyl (C=O) groups is 1. The largest absolute Gasteiger partial charge is 0.757 e. The summed E-state index contributed by atoms with van der Waals surface area (Å²) in [6.45, 7) is 1.26. The molecule has 7 N–H and O–H groups in total. The number of aliphatic hydroxyl groups excluding tert-OH is 1. The van der Waals surface area contributed by atoms with Crippen molar-refractivity contribution >= 4 is 24.6 Å². The summed E-state index contributed by atoms with van der Waals surface area (Å²) in [5, 5.41) is 13.5. The van der Waals surface area contributed by atoms with Crippen molar-refractivity contribution in [3.8, 4) is 5.75 Å². The maximum atomic E-state index is 11.7. The fourth-order valence-corrected chi connectivity index (χ4v) is 4.39. The van der Waals surface area contributed by atoms with E-state index in [0.29, 0.717) is 11.3 Å². The average molecular weight is 579 g/mol. The molecule has 1 aliphatic heterocycles. The molecule has 2 aromatic heterocycles. The fourth-order valence-electron chi connectivity index (χ4n) is 4.00. The Labute approximate surface area is 225 Å². The summed E-state index contributed by atoms with van der Waals surface area (Å²) < 4.78 is 26.6. The first-order valence-electron chi connectivity index (χ1n) is 11.7. The number of azide groups is 1. The summed E-state index contributed by atoms with van der Waals surface area (Å²) in [5.41, 5.74) is 19.6. The first-order chi connectivity index (χ1) is 18.9. The van der Waals surface area contributed by atoms with Crippen LogP contribution in [-0.4, -0.2) is 57.5 Å². The van der Waals surface area contributed by atoms with Crippen LogP contribution in [0, 0.1) is 6.92 Å². The van der Waals surface area contributed by atoms with Gasteiger partial charge in [0.2, 0.25) is 0 Å². The lowest BCUT2D eigenvalue weighted by atomic mass is 10.1. The van der Waals surface area contributed by atoms with E-state index in [4.69, 9.17) is 25.8 Å². The van der Waals surface area contributed by atoms with Crippen LogP contribution in [-0.2, 0) is 25.0 Å². The number of H-pyrrole nitrogens is 2. The number of aromatic nitrogens is 3. The molecule has 18 heteroatoms. The number of nitrogens with one attached hydrogen (secondary N) is 2. The van der Waals surface area contributed by atoms with Gasteiger partial charge in [-0.1, -0.05) is 5.11 Å². The average Bonchev–Trinajstić information content (AvgIpc) is 3.49. The van der Waals surface area contributed by atoms with E-state index in [1.165, 1.54) is 10.8 Å². The first-order valence-corrected chi connectivity index (χ1v) is 13.3. The zero-order valence-electron chi connectivity index (χ0n) is 21.4. The molecule has 4 rings (SSSR count). The third-order valence-electron chi connectivity index (χ3n) is 5.97. The molecule has 0 saturated carbocycles. The molecule has 216 valence electrons. The topological polar surface area (TPSA) is 277 Å². The van der Waals surface area contributed by atoms with Crippen molar-refractivity contribution in [2.75, 3.05) is 13.7 Å². The summed E-state index contributed by atoms with van der Waals surface area (Å²) in [5.74, 6) is -0.432. The summed E-state index contributed by atoms with van der Waals surface area (Å²) in [6.07, 6.45) is 2.12.